The number of hydrogen-bond acceptors (Lipinski definition) is 3. The first kappa shape index (κ1) is 16.0. The molecule has 1 fully saturated rings. The van der Waals surface area contributed by atoms with Crippen molar-refractivity contribution in [2.75, 3.05) is 13.6 Å². The highest BCUT2D eigenvalue weighted by molar-refractivity contribution is 7.09. The van der Waals surface area contributed by atoms with E-state index < -0.39 is 0 Å². The van der Waals surface area contributed by atoms with Crippen molar-refractivity contribution in [2.45, 2.75) is 64.0 Å². The van der Waals surface area contributed by atoms with Crippen LogP contribution in [0.1, 0.15) is 50.3 Å². The van der Waals surface area contributed by atoms with E-state index >= 15 is 0 Å². The first-order valence-corrected chi connectivity index (χ1v) is 9.03. The standard InChI is InChI=1S/C17H30N2S/c1-14(11-17-9-6-10-20-17)19(2)16(13-18)12-15-7-4-3-5-8-15/h6,9-10,14-16H,3-5,7-8,11-13,18H2,1-2H3. The lowest BCUT2D eigenvalue weighted by Gasteiger charge is -2.35. The molecule has 1 aromatic rings. The molecule has 0 spiro atoms. The molecule has 0 bridgehead atoms. The van der Waals surface area contributed by atoms with E-state index in [-0.39, 0.29) is 0 Å². The predicted octanol–water partition coefficient (Wildman–Crippen LogP) is 3.91. The first-order chi connectivity index (χ1) is 9.70. The Kier molecular flexibility index (Phi) is 6.53. The third-order valence-electron chi connectivity index (χ3n) is 4.95. The van der Waals surface area contributed by atoms with Gasteiger partial charge in [-0.2, -0.15) is 0 Å². The van der Waals surface area contributed by atoms with E-state index in [9.17, 15) is 0 Å². The summed E-state index contributed by atoms with van der Waals surface area (Å²) in [4.78, 5) is 4.01. The van der Waals surface area contributed by atoms with E-state index in [1.165, 1.54) is 43.4 Å². The van der Waals surface area contributed by atoms with Gasteiger partial charge < -0.3 is 5.73 Å². The quantitative estimate of drug-likeness (QED) is 0.826. The average Bonchev–Trinajstić information content (AvgIpc) is 2.98. The van der Waals surface area contributed by atoms with Crippen molar-refractivity contribution in [3.05, 3.63) is 22.4 Å². The van der Waals surface area contributed by atoms with Crippen LogP contribution in [0.3, 0.4) is 0 Å². The fourth-order valence-electron chi connectivity index (χ4n) is 3.46. The van der Waals surface area contributed by atoms with Crippen LogP contribution in [0.2, 0.25) is 0 Å². The van der Waals surface area contributed by atoms with E-state index in [1.54, 1.807) is 0 Å². The molecule has 0 amide bonds. The summed E-state index contributed by atoms with van der Waals surface area (Å²) in [5, 5.41) is 2.17. The van der Waals surface area contributed by atoms with Crippen LogP contribution in [0, 0.1) is 5.92 Å². The van der Waals surface area contributed by atoms with Crippen LogP contribution in [0.25, 0.3) is 0 Å². The summed E-state index contributed by atoms with van der Waals surface area (Å²) < 4.78 is 0. The molecule has 1 heterocycles. The maximum Gasteiger partial charge on any atom is 0.0220 e. The van der Waals surface area contributed by atoms with Crippen molar-refractivity contribution in [3.8, 4) is 0 Å². The molecule has 1 saturated carbocycles. The second-order valence-electron chi connectivity index (χ2n) is 6.43. The van der Waals surface area contributed by atoms with Crippen molar-refractivity contribution in [1.29, 1.82) is 0 Å². The monoisotopic (exact) mass is 294 g/mol. The molecule has 0 aliphatic heterocycles. The molecule has 2 N–H and O–H groups in total. The van der Waals surface area contributed by atoms with Crippen molar-refractivity contribution in [3.63, 3.8) is 0 Å². The van der Waals surface area contributed by atoms with Crippen LogP contribution in [0.4, 0.5) is 0 Å². The lowest BCUT2D eigenvalue weighted by atomic mass is 9.84. The molecule has 114 valence electrons. The number of nitrogens with two attached hydrogens (primary N) is 1. The third-order valence-corrected chi connectivity index (χ3v) is 5.85. The SMILES string of the molecule is CC(Cc1cccs1)N(C)C(CN)CC1CCCCC1. The molecule has 1 aromatic heterocycles. The summed E-state index contributed by atoms with van der Waals surface area (Å²) in [7, 11) is 2.26. The maximum atomic E-state index is 6.06. The van der Waals surface area contributed by atoms with Crippen LogP contribution in [0.15, 0.2) is 17.5 Å². The molecule has 2 rings (SSSR count). The van der Waals surface area contributed by atoms with E-state index in [2.05, 4.69) is 36.4 Å². The number of thiophene rings is 1. The van der Waals surface area contributed by atoms with E-state index in [1.807, 2.05) is 11.3 Å². The molecular weight excluding hydrogens is 264 g/mol. The first-order valence-electron chi connectivity index (χ1n) is 8.15. The van der Waals surface area contributed by atoms with Gasteiger partial charge in [-0.1, -0.05) is 38.2 Å². The van der Waals surface area contributed by atoms with Gasteiger partial charge in [0, 0.05) is 23.5 Å². The lowest BCUT2D eigenvalue weighted by molar-refractivity contribution is 0.150. The minimum Gasteiger partial charge on any atom is -0.329 e. The molecule has 1 aliphatic rings. The molecule has 2 atom stereocenters. The molecule has 0 saturated heterocycles. The smallest absolute Gasteiger partial charge is 0.0220 e. The zero-order chi connectivity index (χ0) is 14.4. The summed E-state index contributed by atoms with van der Waals surface area (Å²) >= 11 is 1.87. The maximum absolute atomic E-state index is 6.06. The molecular formula is C17H30N2S. The molecule has 3 heteroatoms. The highest BCUT2D eigenvalue weighted by Gasteiger charge is 2.23. The zero-order valence-electron chi connectivity index (χ0n) is 13.1. The van der Waals surface area contributed by atoms with Gasteiger partial charge in [-0.05, 0) is 44.2 Å². The molecule has 2 unspecified atom stereocenters. The van der Waals surface area contributed by atoms with Gasteiger partial charge in [0.2, 0.25) is 0 Å². The number of nitrogens with zero attached hydrogens (tertiary/aromatic N) is 1. The van der Waals surface area contributed by atoms with Gasteiger partial charge in [-0.3, -0.25) is 4.90 Å². The average molecular weight is 295 g/mol. The third kappa shape index (κ3) is 4.57. The minimum atomic E-state index is 0.549. The second-order valence-corrected chi connectivity index (χ2v) is 7.46. The number of likely N-dealkylation sites (N-methyl/N-ethyl adjacent to an activating group) is 1. The van der Waals surface area contributed by atoms with Gasteiger partial charge in [0.1, 0.15) is 0 Å². The number of hydrogen-bond donors (Lipinski definition) is 1. The summed E-state index contributed by atoms with van der Waals surface area (Å²) in [6.07, 6.45) is 9.58. The molecule has 2 nitrogen and oxygen atoms in total. The Balaban J connectivity index is 1.84. The van der Waals surface area contributed by atoms with Gasteiger partial charge in [-0.15, -0.1) is 11.3 Å². The van der Waals surface area contributed by atoms with Crippen molar-refractivity contribution in [2.24, 2.45) is 11.7 Å². The van der Waals surface area contributed by atoms with Crippen LogP contribution >= 0.6 is 11.3 Å². The summed E-state index contributed by atoms with van der Waals surface area (Å²) in [6, 6.07) is 5.52. The molecule has 1 aliphatic carbocycles. The normalized spacial score (nSPS) is 20.2. The Morgan fingerprint density at radius 1 is 1.35 bits per heavy atom. The molecule has 0 aromatic carbocycles. The van der Waals surface area contributed by atoms with E-state index in [0.29, 0.717) is 12.1 Å². The van der Waals surface area contributed by atoms with Crippen molar-refractivity contribution >= 4 is 11.3 Å². The molecule has 20 heavy (non-hydrogen) atoms. The predicted molar refractivity (Wildman–Crippen MR) is 89.3 cm³/mol. The Labute approximate surface area is 128 Å². The van der Waals surface area contributed by atoms with E-state index in [0.717, 1.165) is 18.9 Å². The van der Waals surface area contributed by atoms with Crippen LogP contribution < -0.4 is 5.73 Å². The van der Waals surface area contributed by atoms with Crippen LogP contribution in [-0.2, 0) is 6.42 Å². The van der Waals surface area contributed by atoms with Gasteiger partial charge in [0.15, 0.2) is 0 Å². The van der Waals surface area contributed by atoms with E-state index in [4.69, 9.17) is 5.73 Å². The van der Waals surface area contributed by atoms with Crippen molar-refractivity contribution in [1.82, 2.24) is 4.90 Å². The highest BCUT2D eigenvalue weighted by Crippen LogP contribution is 2.28. The number of rotatable bonds is 7. The summed E-state index contributed by atoms with van der Waals surface area (Å²) in [5.74, 6) is 0.911. The van der Waals surface area contributed by atoms with Crippen molar-refractivity contribution < 1.29 is 0 Å². The Morgan fingerprint density at radius 3 is 2.70 bits per heavy atom. The highest BCUT2D eigenvalue weighted by atomic mass is 32.1. The topological polar surface area (TPSA) is 29.3 Å². The second kappa shape index (κ2) is 8.16. The Bertz CT molecular complexity index is 357. The van der Waals surface area contributed by atoms with Gasteiger partial charge in [0.25, 0.3) is 0 Å². The van der Waals surface area contributed by atoms with Gasteiger partial charge in [-0.25, -0.2) is 0 Å². The van der Waals surface area contributed by atoms with Crippen LogP contribution in [0.5, 0.6) is 0 Å². The van der Waals surface area contributed by atoms with Crippen LogP contribution in [-0.4, -0.2) is 30.6 Å². The zero-order valence-corrected chi connectivity index (χ0v) is 13.9. The molecule has 0 radical (unpaired) electrons. The minimum absolute atomic E-state index is 0.549. The largest absolute Gasteiger partial charge is 0.329 e. The fraction of sp³-hybridized carbons (Fsp3) is 0.765. The Hall–Kier alpha value is -0.380. The Morgan fingerprint density at radius 2 is 2.10 bits per heavy atom. The summed E-state index contributed by atoms with van der Waals surface area (Å²) in [5.41, 5.74) is 6.06. The summed E-state index contributed by atoms with van der Waals surface area (Å²) in [6.45, 7) is 3.13. The van der Waals surface area contributed by atoms with Gasteiger partial charge >= 0.3 is 0 Å². The fourth-order valence-corrected chi connectivity index (χ4v) is 4.29. The van der Waals surface area contributed by atoms with Gasteiger partial charge in [0.05, 0.1) is 0 Å². The lowest BCUT2D eigenvalue weighted by Crippen LogP contribution is -2.45.